The highest BCUT2D eigenvalue weighted by atomic mass is 35.5. The van der Waals surface area contributed by atoms with Crippen LogP contribution in [-0.4, -0.2) is 15.6 Å². The average molecular weight is 402 g/mol. The highest BCUT2D eigenvalue weighted by Gasteiger charge is 2.13. The molecule has 138 valence electrons. The minimum atomic E-state index is -0.492. The van der Waals surface area contributed by atoms with E-state index < -0.39 is 4.92 Å². The number of hydrogen-bond acceptors (Lipinski definition) is 6. The Morgan fingerprint density at radius 2 is 2.04 bits per heavy atom. The molecule has 1 aromatic heterocycles. The Hall–Kier alpha value is -2.77. The predicted molar refractivity (Wildman–Crippen MR) is 107 cm³/mol. The molecule has 3 rings (SSSR count). The Kier molecular flexibility index (Phi) is 5.83. The molecule has 6 nitrogen and oxygen atoms in total. The molecule has 0 unspecified atom stereocenters. The molecule has 0 aliphatic heterocycles. The highest BCUT2D eigenvalue weighted by Crippen LogP contribution is 2.31. The van der Waals surface area contributed by atoms with Crippen molar-refractivity contribution in [2.24, 2.45) is 4.99 Å². The molecule has 0 N–H and O–H groups in total. The minimum absolute atomic E-state index is 0.0561. The third kappa shape index (κ3) is 4.69. The van der Waals surface area contributed by atoms with Crippen LogP contribution in [0.4, 0.5) is 5.00 Å². The van der Waals surface area contributed by atoms with Crippen LogP contribution in [0.2, 0.25) is 5.02 Å². The van der Waals surface area contributed by atoms with Crippen molar-refractivity contribution in [2.45, 2.75) is 20.4 Å². The summed E-state index contributed by atoms with van der Waals surface area (Å²) in [6.45, 7) is 4.46. The standard InChI is InChI=1S/C19H16ClN3O3S/c1-12-4-3-5-17(20)16(12)10-21-13(2)14-6-8-15(9-7-14)26-19-22-11-18(27-19)23(24)25/h3-9,11H,10H2,1-2H3. The normalized spacial score (nSPS) is 11.4. The molecule has 0 spiro atoms. The van der Waals surface area contributed by atoms with E-state index in [1.807, 2.05) is 44.2 Å². The Bertz CT molecular complexity index is 979. The van der Waals surface area contributed by atoms with Crippen LogP contribution in [0.5, 0.6) is 10.9 Å². The number of halogens is 1. The lowest BCUT2D eigenvalue weighted by Crippen LogP contribution is -1.97. The van der Waals surface area contributed by atoms with Gasteiger partial charge in [-0.3, -0.25) is 15.1 Å². The van der Waals surface area contributed by atoms with Gasteiger partial charge in [0.1, 0.15) is 11.9 Å². The average Bonchev–Trinajstić information content (AvgIpc) is 3.10. The monoisotopic (exact) mass is 401 g/mol. The van der Waals surface area contributed by atoms with Crippen molar-refractivity contribution in [3.05, 3.63) is 80.5 Å². The van der Waals surface area contributed by atoms with Gasteiger partial charge in [-0.05, 0) is 72.2 Å². The number of hydrogen-bond donors (Lipinski definition) is 0. The second-order valence-corrected chi connectivity index (χ2v) is 7.16. The SMILES string of the molecule is CC(=NCc1c(C)cccc1Cl)c1ccc(Oc2ncc([N+](=O)[O-])s2)cc1. The second-order valence-electron chi connectivity index (χ2n) is 5.78. The lowest BCUT2D eigenvalue weighted by molar-refractivity contribution is -0.380. The number of thiazole rings is 1. The van der Waals surface area contributed by atoms with Crippen molar-refractivity contribution in [2.75, 3.05) is 0 Å². The molecule has 0 aliphatic rings. The van der Waals surface area contributed by atoms with Gasteiger partial charge in [0.05, 0.1) is 11.5 Å². The summed E-state index contributed by atoms with van der Waals surface area (Å²) in [5.41, 5.74) is 3.96. The first-order valence-electron chi connectivity index (χ1n) is 8.07. The van der Waals surface area contributed by atoms with Gasteiger partial charge in [-0.15, -0.1) is 0 Å². The fourth-order valence-corrected chi connectivity index (χ4v) is 3.29. The molecule has 0 bridgehead atoms. The Morgan fingerprint density at radius 3 is 2.67 bits per heavy atom. The smallest absolute Gasteiger partial charge is 0.347 e. The zero-order valence-electron chi connectivity index (χ0n) is 14.7. The molecule has 0 fully saturated rings. The third-order valence-corrected chi connectivity index (χ3v) is 5.14. The van der Waals surface area contributed by atoms with Crippen LogP contribution in [-0.2, 0) is 6.54 Å². The minimum Gasteiger partial charge on any atom is -0.431 e. The van der Waals surface area contributed by atoms with Gasteiger partial charge in [0.25, 0.3) is 5.19 Å². The van der Waals surface area contributed by atoms with Crippen LogP contribution in [0.1, 0.15) is 23.6 Å². The predicted octanol–water partition coefficient (Wildman–Crippen LogP) is 5.81. The van der Waals surface area contributed by atoms with Crippen LogP contribution in [0.25, 0.3) is 0 Å². The van der Waals surface area contributed by atoms with Gasteiger partial charge in [0.2, 0.25) is 0 Å². The number of aryl methyl sites for hydroxylation is 1. The van der Waals surface area contributed by atoms with Gasteiger partial charge < -0.3 is 4.74 Å². The van der Waals surface area contributed by atoms with Gasteiger partial charge in [-0.2, -0.15) is 0 Å². The van der Waals surface area contributed by atoms with E-state index in [9.17, 15) is 10.1 Å². The topological polar surface area (TPSA) is 77.6 Å². The van der Waals surface area contributed by atoms with Gasteiger partial charge in [0, 0.05) is 10.7 Å². The number of aromatic nitrogens is 1. The molecule has 0 saturated carbocycles. The van der Waals surface area contributed by atoms with Gasteiger partial charge in [-0.25, -0.2) is 4.98 Å². The van der Waals surface area contributed by atoms with Crippen molar-refractivity contribution in [1.82, 2.24) is 4.98 Å². The van der Waals surface area contributed by atoms with E-state index in [-0.39, 0.29) is 10.2 Å². The van der Waals surface area contributed by atoms with Crippen molar-refractivity contribution in [1.29, 1.82) is 0 Å². The lowest BCUT2D eigenvalue weighted by Gasteiger charge is -2.07. The Balaban J connectivity index is 1.69. The van der Waals surface area contributed by atoms with Gasteiger partial charge in [0.15, 0.2) is 0 Å². The number of nitrogens with zero attached hydrogens (tertiary/aromatic N) is 3. The van der Waals surface area contributed by atoms with E-state index in [1.165, 1.54) is 6.20 Å². The van der Waals surface area contributed by atoms with Gasteiger partial charge in [-0.1, -0.05) is 23.7 Å². The summed E-state index contributed by atoms with van der Waals surface area (Å²) >= 11 is 7.13. The summed E-state index contributed by atoms with van der Waals surface area (Å²) in [6.07, 6.45) is 1.18. The van der Waals surface area contributed by atoms with E-state index in [0.717, 1.165) is 33.7 Å². The number of rotatable bonds is 6. The molecule has 8 heteroatoms. The number of aliphatic imine (C=N–C) groups is 1. The fourth-order valence-electron chi connectivity index (χ4n) is 2.40. The van der Waals surface area contributed by atoms with Crippen molar-refractivity contribution in [3.63, 3.8) is 0 Å². The quantitative estimate of drug-likeness (QED) is 0.296. The van der Waals surface area contributed by atoms with E-state index in [1.54, 1.807) is 12.1 Å². The molecule has 0 saturated heterocycles. The van der Waals surface area contributed by atoms with E-state index in [4.69, 9.17) is 16.3 Å². The lowest BCUT2D eigenvalue weighted by atomic mass is 10.1. The van der Waals surface area contributed by atoms with Crippen LogP contribution in [0, 0.1) is 17.0 Å². The molecule has 0 radical (unpaired) electrons. The van der Waals surface area contributed by atoms with Crippen LogP contribution in [0.15, 0.2) is 53.7 Å². The summed E-state index contributed by atoms with van der Waals surface area (Å²) < 4.78 is 5.55. The first-order chi connectivity index (χ1) is 12.9. The fraction of sp³-hybridized carbons (Fsp3) is 0.158. The Labute approximate surface area is 165 Å². The zero-order chi connectivity index (χ0) is 19.4. The van der Waals surface area contributed by atoms with E-state index in [0.29, 0.717) is 17.3 Å². The summed E-state index contributed by atoms with van der Waals surface area (Å²) in [5, 5.41) is 11.6. The molecule has 0 aliphatic carbocycles. The molecule has 27 heavy (non-hydrogen) atoms. The zero-order valence-corrected chi connectivity index (χ0v) is 16.3. The third-order valence-electron chi connectivity index (χ3n) is 3.96. The first kappa shape index (κ1) is 19.0. The summed E-state index contributed by atoms with van der Waals surface area (Å²) in [6, 6.07) is 13.1. The van der Waals surface area contributed by atoms with E-state index >= 15 is 0 Å². The summed E-state index contributed by atoms with van der Waals surface area (Å²) in [5.74, 6) is 0.553. The number of nitro groups is 1. The second kappa shape index (κ2) is 8.28. The van der Waals surface area contributed by atoms with Crippen LogP contribution >= 0.6 is 22.9 Å². The number of benzene rings is 2. The maximum Gasteiger partial charge on any atom is 0.347 e. The summed E-state index contributed by atoms with van der Waals surface area (Å²) in [4.78, 5) is 18.7. The van der Waals surface area contributed by atoms with Gasteiger partial charge >= 0.3 is 5.00 Å². The number of ether oxygens (including phenoxy) is 1. The van der Waals surface area contributed by atoms with Crippen molar-refractivity contribution >= 4 is 33.7 Å². The Morgan fingerprint density at radius 1 is 1.30 bits per heavy atom. The largest absolute Gasteiger partial charge is 0.431 e. The molecular formula is C19H16ClN3O3S. The highest BCUT2D eigenvalue weighted by molar-refractivity contribution is 7.16. The molecule has 2 aromatic carbocycles. The molecular weight excluding hydrogens is 386 g/mol. The maximum absolute atomic E-state index is 10.7. The maximum atomic E-state index is 10.7. The molecule has 1 heterocycles. The van der Waals surface area contributed by atoms with Crippen molar-refractivity contribution in [3.8, 4) is 10.9 Å². The van der Waals surface area contributed by atoms with Crippen molar-refractivity contribution < 1.29 is 9.66 Å². The summed E-state index contributed by atoms with van der Waals surface area (Å²) in [7, 11) is 0. The first-order valence-corrected chi connectivity index (χ1v) is 9.27. The van der Waals surface area contributed by atoms with Crippen LogP contribution in [0.3, 0.4) is 0 Å². The van der Waals surface area contributed by atoms with E-state index in [2.05, 4.69) is 9.98 Å². The molecule has 0 amide bonds. The van der Waals surface area contributed by atoms with Crippen LogP contribution < -0.4 is 4.74 Å². The molecule has 0 atom stereocenters. The molecule has 3 aromatic rings.